The van der Waals surface area contributed by atoms with Gasteiger partial charge in [-0.15, -0.1) is 0 Å². The van der Waals surface area contributed by atoms with E-state index in [9.17, 15) is 17.6 Å². The number of piperazine rings is 1. The zero-order valence-electron chi connectivity index (χ0n) is 16.8. The molecule has 0 spiro atoms. The van der Waals surface area contributed by atoms with Crippen molar-refractivity contribution in [1.29, 1.82) is 0 Å². The predicted molar refractivity (Wildman–Crippen MR) is 113 cm³/mol. The molecule has 0 N–H and O–H groups in total. The monoisotopic (exact) mass is 431 g/mol. The zero-order valence-corrected chi connectivity index (χ0v) is 17.6. The maximum absolute atomic E-state index is 14.1. The Morgan fingerprint density at radius 1 is 0.867 bits per heavy atom. The molecule has 0 bridgehead atoms. The van der Waals surface area contributed by atoms with E-state index in [1.165, 1.54) is 10.4 Å². The Bertz CT molecular complexity index is 992. The third-order valence-corrected chi connectivity index (χ3v) is 7.80. The van der Waals surface area contributed by atoms with Crippen LogP contribution in [0.4, 0.5) is 10.1 Å². The summed E-state index contributed by atoms with van der Waals surface area (Å²) in [6.45, 7) is 2.28. The Morgan fingerprint density at radius 2 is 1.53 bits per heavy atom. The van der Waals surface area contributed by atoms with Gasteiger partial charge in [-0.1, -0.05) is 36.8 Å². The van der Waals surface area contributed by atoms with Gasteiger partial charge in [-0.05, 0) is 37.1 Å². The summed E-state index contributed by atoms with van der Waals surface area (Å²) in [4.78, 5) is 17.1. The second kappa shape index (κ2) is 8.73. The van der Waals surface area contributed by atoms with Crippen LogP contribution in [-0.4, -0.2) is 62.3 Å². The van der Waals surface area contributed by atoms with Crippen LogP contribution in [0.3, 0.4) is 0 Å². The van der Waals surface area contributed by atoms with Crippen molar-refractivity contribution in [3.63, 3.8) is 0 Å². The molecule has 2 fully saturated rings. The lowest BCUT2D eigenvalue weighted by Gasteiger charge is -2.40. The van der Waals surface area contributed by atoms with Gasteiger partial charge in [-0.3, -0.25) is 4.79 Å². The lowest BCUT2D eigenvalue weighted by atomic mass is 10.0. The smallest absolute Gasteiger partial charge is 0.243 e. The number of anilines is 1. The number of nitrogens with zero attached hydrogens (tertiary/aromatic N) is 3. The summed E-state index contributed by atoms with van der Waals surface area (Å²) in [5.41, 5.74) is 0.538. The molecule has 8 heteroatoms. The summed E-state index contributed by atoms with van der Waals surface area (Å²) >= 11 is 0. The van der Waals surface area contributed by atoms with Crippen molar-refractivity contribution >= 4 is 21.6 Å². The van der Waals surface area contributed by atoms with Crippen molar-refractivity contribution in [2.45, 2.75) is 30.2 Å². The van der Waals surface area contributed by atoms with Gasteiger partial charge in [0.15, 0.2) is 0 Å². The van der Waals surface area contributed by atoms with Crippen LogP contribution in [0, 0.1) is 5.82 Å². The van der Waals surface area contributed by atoms with Gasteiger partial charge in [-0.25, -0.2) is 12.8 Å². The number of rotatable bonds is 4. The average Bonchev–Trinajstić information content (AvgIpc) is 2.80. The molecule has 0 radical (unpaired) electrons. The van der Waals surface area contributed by atoms with Gasteiger partial charge in [0, 0.05) is 32.7 Å². The normalized spacial score (nSPS) is 20.9. The molecule has 2 aliphatic heterocycles. The molecule has 2 aromatic carbocycles. The Morgan fingerprint density at radius 3 is 2.23 bits per heavy atom. The summed E-state index contributed by atoms with van der Waals surface area (Å²) < 4.78 is 41.8. The minimum absolute atomic E-state index is 0.151. The molecule has 0 aliphatic carbocycles. The van der Waals surface area contributed by atoms with E-state index in [1.807, 2.05) is 4.90 Å². The standard InChI is InChI=1S/C22H26FN3O3S/c23-19-10-4-5-11-20(19)24-14-16-25(17-15-24)22(27)21-12-6-7-13-26(21)30(28,29)18-8-2-1-3-9-18/h1-5,8-11,21H,6-7,12-17H2. The lowest BCUT2D eigenvalue weighted by Crippen LogP contribution is -2.57. The van der Waals surface area contributed by atoms with Gasteiger partial charge in [0.05, 0.1) is 10.6 Å². The maximum atomic E-state index is 14.1. The number of para-hydroxylation sites is 1. The van der Waals surface area contributed by atoms with Crippen LogP contribution >= 0.6 is 0 Å². The number of amides is 1. The average molecular weight is 432 g/mol. The largest absolute Gasteiger partial charge is 0.366 e. The van der Waals surface area contributed by atoms with Crippen molar-refractivity contribution < 1.29 is 17.6 Å². The number of sulfonamides is 1. The Balaban J connectivity index is 1.48. The fourth-order valence-electron chi connectivity index (χ4n) is 4.25. The van der Waals surface area contributed by atoms with Crippen molar-refractivity contribution in [3.05, 3.63) is 60.4 Å². The predicted octanol–water partition coefficient (Wildman–Crippen LogP) is 2.72. The summed E-state index contributed by atoms with van der Waals surface area (Å²) in [6.07, 6.45) is 2.10. The highest BCUT2D eigenvalue weighted by molar-refractivity contribution is 7.89. The molecule has 1 unspecified atom stereocenters. The molecular weight excluding hydrogens is 405 g/mol. The molecule has 4 rings (SSSR count). The van der Waals surface area contributed by atoms with E-state index in [0.717, 1.165) is 12.8 Å². The molecular formula is C22H26FN3O3S. The molecule has 2 heterocycles. The fraction of sp³-hybridized carbons (Fsp3) is 0.409. The molecule has 6 nitrogen and oxygen atoms in total. The number of carbonyl (C=O) groups excluding carboxylic acids is 1. The molecule has 0 aromatic heterocycles. The van der Waals surface area contributed by atoms with E-state index in [1.54, 1.807) is 53.4 Å². The molecule has 160 valence electrons. The number of halogens is 1. The number of hydrogen-bond donors (Lipinski definition) is 0. The Kier molecular flexibility index (Phi) is 6.06. The van der Waals surface area contributed by atoms with Crippen LogP contribution < -0.4 is 4.90 Å². The molecule has 1 amide bonds. The summed E-state index contributed by atoms with van der Waals surface area (Å²) in [6, 6.07) is 14.2. The maximum Gasteiger partial charge on any atom is 0.243 e. The summed E-state index contributed by atoms with van der Waals surface area (Å²) in [5, 5.41) is 0. The van der Waals surface area contributed by atoms with Crippen LogP contribution in [0.2, 0.25) is 0 Å². The van der Waals surface area contributed by atoms with Gasteiger partial charge in [-0.2, -0.15) is 4.31 Å². The number of carbonyl (C=O) groups is 1. The van der Waals surface area contributed by atoms with Crippen molar-refractivity contribution in [2.75, 3.05) is 37.6 Å². The first-order chi connectivity index (χ1) is 14.5. The molecule has 2 aliphatic rings. The van der Waals surface area contributed by atoms with Gasteiger partial charge >= 0.3 is 0 Å². The van der Waals surface area contributed by atoms with E-state index in [2.05, 4.69) is 0 Å². The van der Waals surface area contributed by atoms with E-state index in [-0.39, 0.29) is 16.6 Å². The zero-order chi connectivity index (χ0) is 21.1. The van der Waals surface area contributed by atoms with Gasteiger partial charge in [0.2, 0.25) is 15.9 Å². The van der Waals surface area contributed by atoms with Gasteiger partial charge in [0.1, 0.15) is 11.9 Å². The van der Waals surface area contributed by atoms with Gasteiger partial charge in [0.25, 0.3) is 0 Å². The van der Waals surface area contributed by atoms with Crippen LogP contribution in [0.15, 0.2) is 59.5 Å². The number of piperidine rings is 1. The second-order valence-corrected chi connectivity index (χ2v) is 9.59. The highest BCUT2D eigenvalue weighted by atomic mass is 32.2. The van der Waals surface area contributed by atoms with E-state index < -0.39 is 16.1 Å². The molecule has 2 saturated heterocycles. The third-order valence-electron chi connectivity index (χ3n) is 5.87. The minimum Gasteiger partial charge on any atom is -0.366 e. The van der Waals surface area contributed by atoms with E-state index in [0.29, 0.717) is 44.8 Å². The first-order valence-corrected chi connectivity index (χ1v) is 11.8. The summed E-state index contributed by atoms with van der Waals surface area (Å²) in [7, 11) is -3.73. The third kappa shape index (κ3) is 4.06. The van der Waals surface area contributed by atoms with Crippen LogP contribution in [0.5, 0.6) is 0 Å². The fourth-order valence-corrected chi connectivity index (χ4v) is 5.93. The highest BCUT2D eigenvalue weighted by Gasteiger charge is 2.40. The molecule has 30 heavy (non-hydrogen) atoms. The highest BCUT2D eigenvalue weighted by Crippen LogP contribution is 2.27. The van der Waals surface area contributed by atoms with E-state index in [4.69, 9.17) is 0 Å². The first-order valence-electron chi connectivity index (χ1n) is 10.3. The van der Waals surface area contributed by atoms with Crippen LogP contribution in [0.25, 0.3) is 0 Å². The van der Waals surface area contributed by atoms with Gasteiger partial charge < -0.3 is 9.80 Å². The number of benzene rings is 2. The Labute approximate surface area is 176 Å². The second-order valence-electron chi connectivity index (χ2n) is 7.70. The lowest BCUT2D eigenvalue weighted by molar-refractivity contribution is -0.136. The van der Waals surface area contributed by atoms with Crippen molar-refractivity contribution in [3.8, 4) is 0 Å². The van der Waals surface area contributed by atoms with Crippen LogP contribution in [-0.2, 0) is 14.8 Å². The van der Waals surface area contributed by atoms with Crippen molar-refractivity contribution in [1.82, 2.24) is 9.21 Å². The molecule has 2 aromatic rings. The van der Waals surface area contributed by atoms with Crippen molar-refractivity contribution in [2.24, 2.45) is 0 Å². The quantitative estimate of drug-likeness (QED) is 0.747. The SMILES string of the molecule is O=C(C1CCCCN1S(=O)(=O)c1ccccc1)N1CCN(c2ccccc2F)CC1. The Hall–Kier alpha value is -2.45. The molecule has 0 saturated carbocycles. The number of hydrogen-bond acceptors (Lipinski definition) is 4. The minimum atomic E-state index is -3.73. The summed E-state index contributed by atoms with van der Waals surface area (Å²) in [5.74, 6) is -0.424. The first kappa shape index (κ1) is 20.8. The van der Waals surface area contributed by atoms with E-state index >= 15 is 0 Å². The van der Waals surface area contributed by atoms with Crippen LogP contribution in [0.1, 0.15) is 19.3 Å². The molecule has 1 atom stereocenters. The topological polar surface area (TPSA) is 60.9 Å².